The first-order valence-electron chi connectivity index (χ1n) is 4.61. The van der Waals surface area contributed by atoms with Gasteiger partial charge in [0.25, 0.3) is 0 Å². The van der Waals surface area contributed by atoms with Crippen molar-refractivity contribution in [2.24, 2.45) is 0 Å². The number of nitrogens with one attached hydrogen (secondary N) is 1. The molecule has 14 heavy (non-hydrogen) atoms. The summed E-state index contributed by atoms with van der Waals surface area (Å²) in [6.07, 6.45) is 1.73. The van der Waals surface area contributed by atoms with Gasteiger partial charge in [0.15, 0.2) is 0 Å². The molecule has 0 spiro atoms. The third-order valence-corrected chi connectivity index (χ3v) is 2.09. The van der Waals surface area contributed by atoms with Crippen LogP contribution in [0.1, 0.15) is 6.92 Å². The van der Waals surface area contributed by atoms with Crippen LogP contribution in [-0.4, -0.2) is 36.6 Å². The molecule has 0 aromatic carbocycles. The maximum Gasteiger partial charge on any atom is 0.144 e. The highest BCUT2D eigenvalue weighted by atomic mass is 35.5. The predicted octanol–water partition coefficient (Wildman–Crippen LogP) is 2.10. The van der Waals surface area contributed by atoms with Crippen molar-refractivity contribution in [3.8, 4) is 0 Å². The maximum atomic E-state index is 5.97. The molecule has 0 aliphatic rings. The molecule has 0 fully saturated rings. The normalized spacial score (nSPS) is 12.9. The fourth-order valence-corrected chi connectivity index (χ4v) is 1.49. The molecular weight excluding hydrogens is 198 g/mol. The van der Waals surface area contributed by atoms with Crippen LogP contribution >= 0.6 is 11.6 Å². The van der Waals surface area contributed by atoms with Gasteiger partial charge in [-0.25, -0.2) is 4.98 Å². The molecule has 3 nitrogen and oxygen atoms in total. The zero-order chi connectivity index (χ0) is 10.6. The molecule has 78 valence electrons. The molecule has 0 saturated heterocycles. The number of aromatic nitrogens is 1. The summed E-state index contributed by atoms with van der Waals surface area (Å²) in [5.74, 6) is 0.753. The Morgan fingerprint density at radius 3 is 2.86 bits per heavy atom. The molecule has 0 unspecified atom stereocenters. The molecule has 4 heteroatoms. The van der Waals surface area contributed by atoms with Gasteiger partial charge in [-0.05, 0) is 33.2 Å². The van der Waals surface area contributed by atoms with Crippen molar-refractivity contribution < 1.29 is 0 Å². The molecule has 0 bridgehead atoms. The first-order chi connectivity index (χ1) is 6.59. The van der Waals surface area contributed by atoms with Crippen molar-refractivity contribution in [3.05, 3.63) is 23.4 Å². The van der Waals surface area contributed by atoms with Gasteiger partial charge >= 0.3 is 0 Å². The smallest absolute Gasteiger partial charge is 0.144 e. The zero-order valence-electron chi connectivity index (χ0n) is 8.79. The van der Waals surface area contributed by atoms with Gasteiger partial charge in [0.05, 0.1) is 5.02 Å². The van der Waals surface area contributed by atoms with Crippen LogP contribution in [0.5, 0.6) is 0 Å². The van der Waals surface area contributed by atoms with Gasteiger partial charge in [-0.2, -0.15) is 0 Å². The van der Waals surface area contributed by atoms with E-state index in [1.54, 1.807) is 6.20 Å². The van der Waals surface area contributed by atoms with Crippen LogP contribution in [-0.2, 0) is 0 Å². The third kappa shape index (κ3) is 3.52. The number of nitrogens with zero attached hydrogens (tertiary/aromatic N) is 2. The SMILES string of the molecule is C[C@@H](CN(C)C)Nc1ncccc1Cl. The Kier molecular flexibility index (Phi) is 4.17. The predicted molar refractivity (Wildman–Crippen MR) is 60.9 cm³/mol. The highest BCUT2D eigenvalue weighted by Gasteiger charge is 2.06. The maximum absolute atomic E-state index is 5.97. The minimum absolute atomic E-state index is 0.331. The number of anilines is 1. The van der Waals surface area contributed by atoms with Crippen LogP contribution in [0.3, 0.4) is 0 Å². The first kappa shape index (κ1) is 11.3. The lowest BCUT2D eigenvalue weighted by atomic mass is 10.3. The Bertz CT molecular complexity index is 288. The third-order valence-electron chi connectivity index (χ3n) is 1.78. The van der Waals surface area contributed by atoms with Crippen molar-refractivity contribution in [3.63, 3.8) is 0 Å². The van der Waals surface area contributed by atoms with Crippen LogP contribution in [0.4, 0.5) is 5.82 Å². The largest absolute Gasteiger partial charge is 0.365 e. The van der Waals surface area contributed by atoms with Gasteiger partial charge in [0.1, 0.15) is 5.82 Å². The molecule has 1 heterocycles. The fraction of sp³-hybridized carbons (Fsp3) is 0.500. The monoisotopic (exact) mass is 213 g/mol. The lowest BCUT2D eigenvalue weighted by molar-refractivity contribution is 0.392. The summed E-state index contributed by atoms with van der Waals surface area (Å²) < 4.78 is 0. The minimum Gasteiger partial charge on any atom is -0.365 e. The number of halogens is 1. The van der Waals surface area contributed by atoms with E-state index in [1.807, 2.05) is 26.2 Å². The molecule has 0 aliphatic carbocycles. The van der Waals surface area contributed by atoms with E-state index in [1.165, 1.54) is 0 Å². The Hall–Kier alpha value is -0.800. The Morgan fingerprint density at radius 1 is 1.57 bits per heavy atom. The van der Waals surface area contributed by atoms with Gasteiger partial charge in [0, 0.05) is 18.8 Å². The van der Waals surface area contributed by atoms with Gasteiger partial charge in [-0.15, -0.1) is 0 Å². The van der Waals surface area contributed by atoms with E-state index >= 15 is 0 Å². The molecule has 0 radical (unpaired) electrons. The second-order valence-electron chi connectivity index (χ2n) is 3.64. The Labute approximate surface area is 90.1 Å². The van der Waals surface area contributed by atoms with Crippen molar-refractivity contribution in [2.75, 3.05) is 26.0 Å². The van der Waals surface area contributed by atoms with Gasteiger partial charge in [-0.3, -0.25) is 0 Å². The van der Waals surface area contributed by atoms with Crippen LogP contribution in [0.2, 0.25) is 5.02 Å². The van der Waals surface area contributed by atoms with Crippen molar-refractivity contribution in [1.29, 1.82) is 0 Å². The summed E-state index contributed by atoms with van der Waals surface area (Å²) in [4.78, 5) is 6.28. The summed E-state index contributed by atoms with van der Waals surface area (Å²) in [6, 6.07) is 3.99. The lowest BCUT2D eigenvalue weighted by Crippen LogP contribution is -2.30. The number of likely N-dealkylation sites (N-methyl/N-ethyl adjacent to an activating group) is 1. The summed E-state index contributed by atoms with van der Waals surface area (Å²) in [7, 11) is 4.08. The molecule has 0 amide bonds. The van der Waals surface area contributed by atoms with Crippen molar-refractivity contribution in [1.82, 2.24) is 9.88 Å². The van der Waals surface area contributed by atoms with E-state index in [9.17, 15) is 0 Å². The zero-order valence-corrected chi connectivity index (χ0v) is 9.54. The quantitative estimate of drug-likeness (QED) is 0.831. The van der Waals surface area contributed by atoms with E-state index in [0.29, 0.717) is 11.1 Å². The second-order valence-corrected chi connectivity index (χ2v) is 4.05. The van der Waals surface area contributed by atoms with Gasteiger partial charge in [-0.1, -0.05) is 11.6 Å². The average molecular weight is 214 g/mol. The Balaban J connectivity index is 2.56. The molecule has 1 N–H and O–H groups in total. The topological polar surface area (TPSA) is 28.2 Å². The standard InChI is InChI=1S/C10H16ClN3/c1-8(7-14(2)3)13-10-9(11)5-4-6-12-10/h4-6,8H,7H2,1-3H3,(H,12,13)/t8-/m0/s1. The number of pyridine rings is 1. The van der Waals surface area contributed by atoms with E-state index in [0.717, 1.165) is 12.4 Å². The summed E-state index contributed by atoms with van der Waals surface area (Å²) in [5, 5.41) is 3.92. The van der Waals surface area contributed by atoms with Crippen molar-refractivity contribution >= 4 is 17.4 Å². The highest BCUT2D eigenvalue weighted by molar-refractivity contribution is 6.32. The van der Waals surface area contributed by atoms with Gasteiger partial charge in [0.2, 0.25) is 0 Å². The average Bonchev–Trinajstić information content (AvgIpc) is 2.07. The number of hydrogen-bond donors (Lipinski definition) is 1. The van der Waals surface area contributed by atoms with Crippen LogP contribution in [0.15, 0.2) is 18.3 Å². The van der Waals surface area contributed by atoms with Crippen LogP contribution in [0.25, 0.3) is 0 Å². The second kappa shape index (κ2) is 5.17. The van der Waals surface area contributed by atoms with Crippen molar-refractivity contribution in [2.45, 2.75) is 13.0 Å². The molecule has 1 aromatic rings. The summed E-state index contributed by atoms with van der Waals surface area (Å²) >= 11 is 5.97. The summed E-state index contributed by atoms with van der Waals surface area (Å²) in [6.45, 7) is 3.05. The molecule has 0 aliphatic heterocycles. The lowest BCUT2D eigenvalue weighted by Gasteiger charge is -2.19. The van der Waals surface area contributed by atoms with E-state index < -0.39 is 0 Å². The van der Waals surface area contributed by atoms with E-state index in [2.05, 4.69) is 22.1 Å². The number of hydrogen-bond acceptors (Lipinski definition) is 3. The minimum atomic E-state index is 0.331. The molecule has 1 atom stereocenters. The van der Waals surface area contributed by atoms with E-state index in [4.69, 9.17) is 11.6 Å². The fourth-order valence-electron chi connectivity index (χ4n) is 1.32. The summed E-state index contributed by atoms with van der Waals surface area (Å²) in [5.41, 5.74) is 0. The van der Waals surface area contributed by atoms with Gasteiger partial charge < -0.3 is 10.2 Å². The first-order valence-corrected chi connectivity index (χ1v) is 4.99. The highest BCUT2D eigenvalue weighted by Crippen LogP contribution is 2.17. The van der Waals surface area contributed by atoms with Crippen LogP contribution < -0.4 is 5.32 Å². The molecule has 0 saturated carbocycles. The molecule has 1 rings (SSSR count). The number of rotatable bonds is 4. The van der Waals surface area contributed by atoms with Crippen LogP contribution in [0, 0.1) is 0 Å². The molecule has 1 aromatic heterocycles. The Morgan fingerprint density at radius 2 is 2.29 bits per heavy atom. The van der Waals surface area contributed by atoms with E-state index in [-0.39, 0.29) is 0 Å². The molecular formula is C10H16ClN3.